The zero-order valence-electron chi connectivity index (χ0n) is 38.3. The van der Waals surface area contributed by atoms with Gasteiger partial charge < -0.3 is 14.2 Å². The number of hydrogen-bond donors (Lipinski definition) is 0. The van der Waals surface area contributed by atoms with Crippen LogP contribution in [0, 0.1) is 11.8 Å². The summed E-state index contributed by atoms with van der Waals surface area (Å²) in [7, 11) is 0. The molecule has 0 heterocycles. The molecular weight excluding hydrogens is 697 g/mol. The minimum Gasteiger partial charge on any atom is -0.462 e. The van der Waals surface area contributed by atoms with Gasteiger partial charge in [-0.25, -0.2) is 0 Å². The minimum atomic E-state index is -0.761. The predicted molar refractivity (Wildman–Crippen MR) is 238 cm³/mol. The van der Waals surface area contributed by atoms with Crippen LogP contribution in [-0.2, 0) is 28.6 Å². The first-order chi connectivity index (χ1) is 27.2. The molecule has 0 spiro atoms. The van der Waals surface area contributed by atoms with Gasteiger partial charge in [0.15, 0.2) is 6.10 Å². The summed E-state index contributed by atoms with van der Waals surface area (Å²) in [4.78, 5) is 37.8. The highest BCUT2D eigenvalue weighted by atomic mass is 16.6. The van der Waals surface area contributed by atoms with Gasteiger partial charge in [0.05, 0.1) is 0 Å². The number of unbranched alkanes of at least 4 members (excludes halogenated alkanes) is 29. The van der Waals surface area contributed by atoms with E-state index >= 15 is 0 Å². The molecule has 0 N–H and O–H groups in total. The fourth-order valence-corrected chi connectivity index (χ4v) is 7.46. The van der Waals surface area contributed by atoms with Crippen LogP contribution in [0.15, 0.2) is 0 Å². The second-order valence-corrected chi connectivity index (χ2v) is 18.1. The fourth-order valence-electron chi connectivity index (χ4n) is 7.46. The molecule has 0 bridgehead atoms. The topological polar surface area (TPSA) is 78.9 Å². The Kier molecular flexibility index (Phi) is 41.8. The van der Waals surface area contributed by atoms with Crippen molar-refractivity contribution in [2.75, 3.05) is 13.2 Å². The van der Waals surface area contributed by atoms with E-state index in [9.17, 15) is 14.4 Å². The van der Waals surface area contributed by atoms with Crippen molar-refractivity contribution in [3.63, 3.8) is 0 Å². The van der Waals surface area contributed by atoms with Crippen molar-refractivity contribution < 1.29 is 28.6 Å². The Morgan fingerprint density at radius 1 is 0.339 bits per heavy atom. The van der Waals surface area contributed by atoms with Crippen molar-refractivity contribution in [3.05, 3.63) is 0 Å². The van der Waals surface area contributed by atoms with Crippen LogP contribution in [0.25, 0.3) is 0 Å². The maximum absolute atomic E-state index is 12.7. The number of rotatable bonds is 44. The molecule has 0 aliphatic heterocycles. The highest BCUT2D eigenvalue weighted by Gasteiger charge is 2.19. The second-order valence-electron chi connectivity index (χ2n) is 18.1. The normalized spacial score (nSPS) is 12.1. The van der Waals surface area contributed by atoms with Gasteiger partial charge >= 0.3 is 17.9 Å². The first-order valence-corrected chi connectivity index (χ1v) is 24.7. The molecule has 0 rings (SSSR count). The van der Waals surface area contributed by atoms with E-state index < -0.39 is 6.10 Å². The molecule has 6 heteroatoms. The first-order valence-electron chi connectivity index (χ1n) is 24.7. The van der Waals surface area contributed by atoms with E-state index in [4.69, 9.17) is 14.2 Å². The van der Waals surface area contributed by atoms with Gasteiger partial charge in [0.25, 0.3) is 0 Å². The van der Waals surface area contributed by atoms with Crippen LogP contribution < -0.4 is 0 Å². The predicted octanol–water partition coefficient (Wildman–Crippen LogP) is 15.8. The smallest absolute Gasteiger partial charge is 0.306 e. The molecule has 0 saturated carbocycles. The Balaban J connectivity index is 4.28. The van der Waals surface area contributed by atoms with Gasteiger partial charge in [-0.1, -0.05) is 234 Å². The number of esters is 3. The highest BCUT2D eigenvalue weighted by Crippen LogP contribution is 2.17. The lowest BCUT2D eigenvalue weighted by atomic mass is 10.0. The molecule has 6 nitrogen and oxygen atoms in total. The molecule has 0 aliphatic rings. The van der Waals surface area contributed by atoms with Gasteiger partial charge in [-0.3, -0.25) is 14.4 Å². The van der Waals surface area contributed by atoms with Crippen molar-refractivity contribution in [1.29, 1.82) is 0 Å². The van der Waals surface area contributed by atoms with E-state index in [1.165, 1.54) is 161 Å². The second kappa shape index (κ2) is 43.0. The molecule has 332 valence electrons. The lowest BCUT2D eigenvalue weighted by Crippen LogP contribution is -2.30. The van der Waals surface area contributed by atoms with Gasteiger partial charge in [-0.2, -0.15) is 0 Å². The Bertz CT molecular complexity index is 854. The Morgan fingerprint density at radius 3 is 0.875 bits per heavy atom. The zero-order valence-corrected chi connectivity index (χ0v) is 38.3. The average molecular weight is 793 g/mol. The van der Waals surface area contributed by atoms with Crippen LogP contribution in [0.1, 0.15) is 272 Å². The molecule has 0 aromatic rings. The summed E-state index contributed by atoms with van der Waals surface area (Å²) in [6.07, 6.45) is 42.5. The summed E-state index contributed by atoms with van der Waals surface area (Å²) in [5.74, 6) is 0.723. The van der Waals surface area contributed by atoms with Crippen LogP contribution in [0.3, 0.4) is 0 Å². The van der Waals surface area contributed by atoms with E-state index in [-0.39, 0.29) is 31.1 Å². The van der Waals surface area contributed by atoms with Crippen molar-refractivity contribution in [2.45, 2.75) is 278 Å². The summed E-state index contributed by atoms with van der Waals surface area (Å²) in [5.41, 5.74) is 0. The summed E-state index contributed by atoms with van der Waals surface area (Å²) in [6, 6.07) is 0. The van der Waals surface area contributed by atoms with Crippen molar-refractivity contribution in [2.24, 2.45) is 11.8 Å². The summed E-state index contributed by atoms with van der Waals surface area (Å²) in [6.45, 7) is 11.3. The molecule has 1 atom stereocenters. The van der Waals surface area contributed by atoms with Gasteiger partial charge in [0.1, 0.15) is 13.2 Å². The minimum absolute atomic E-state index is 0.0649. The summed E-state index contributed by atoms with van der Waals surface area (Å²) >= 11 is 0. The third-order valence-electron chi connectivity index (χ3n) is 11.2. The summed E-state index contributed by atoms with van der Waals surface area (Å²) in [5, 5.41) is 0. The van der Waals surface area contributed by atoms with E-state index in [0.717, 1.165) is 69.6 Å². The molecule has 0 unspecified atom stereocenters. The van der Waals surface area contributed by atoms with E-state index in [2.05, 4.69) is 34.6 Å². The average Bonchev–Trinajstić information content (AvgIpc) is 3.16. The Hall–Kier alpha value is -1.59. The van der Waals surface area contributed by atoms with Gasteiger partial charge in [0.2, 0.25) is 0 Å². The molecule has 0 saturated heterocycles. The quantitative estimate of drug-likeness (QED) is 0.0347. The number of carbonyl (C=O) groups is 3. The van der Waals surface area contributed by atoms with Crippen molar-refractivity contribution in [3.8, 4) is 0 Å². The summed E-state index contributed by atoms with van der Waals surface area (Å²) < 4.78 is 16.7. The van der Waals surface area contributed by atoms with Crippen LogP contribution in [0.5, 0.6) is 0 Å². The van der Waals surface area contributed by atoms with E-state index in [1.807, 2.05) is 0 Å². The fraction of sp³-hybridized carbons (Fsp3) is 0.940. The van der Waals surface area contributed by atoms with E-state index in [1.54, 1.807) is 0 Å². The largest absolute Gasteiger partial charge is 0.462 e. The maximum atomic E-state index is 12.7. The van der Waals surface area contributed by atoms with E-state index in [0.29, 0.717) is 19.3 Å². The molecular formula is C50H96O6. The van der Waals surface area contributed by atoms with Crippen LogP contribution in [0.4, 0.5) is 0 Å². The maximum Gasteiger partial charge on any atom is 0.306 e. The van der Waals surface area contributed by atoms with Gasteiger partial charge in [-0.05, 0) is 31.1 Å². The molecule has 0 fully saturated rings. The monoisotopic (exact) mass is 793 g/mol. The molecule has 0 aromatic heterocycles. The Labute approximate surface area is 348 Å². The lowest BCUT2D eigenvalue weighted by Gasteiger charge is -2.18. The SMILES string of the molecule is CCCCCCCCCCCCCCCCCCC(=O)OC[C@H](COC(=O)CCCCCCCCC(C)C)OC(=O)CCCCCCCCCCCCC(C)C. The number of carbonyl (C=O) groups excluding carboxylic acids is 3. The third kappa shape index (κ3) is 43.5. The third-order valence-corrected chi connectivity index (χ3v) is 11.2. The van der Waals surface area contributed by atoms with Crippen molar-refractivity contribution in [1.82, 2.24) is 0 Å². The van der Waals surface area contributed by atoms with Crippen LogP contribution >= 0.6 is 0 Å². The lowest BCUT2D eigenvalue weighted by molar-refractivity contribution is -0.167. The highest BCUT2D eigenvalue weighted by molar-refractivity contribution is 5.71. The Morgan fingerprint density at radius 2 is 0.589 bits per heavy atom. The number of hydrogen-bond acceptors (Lipinski definition) is 6. The standard InChI is InChI=1S/C50H96O6/c1-6-7-8-9-10-11-12-13-14-15-16-17-21-24-30-35-40-48(51)54-43-47(44-55-49(52)41-36-31-27-26-29-34-39-46(4)5)56-50(53)42-37-32-25-22-19-18-20-23-28-33-38-45(2)3/h45-47H,6-44H2,1-5H3/t47-/m1/s1. The van der Waals surface area contributed by atoms with Crippen LogP contribution in [-0.4, -0.2) is 37.2 Å². The molecule has 0 radical (unpaired) electrons. The zero-order chi connectivity index (χ0) is 41.2. The first kappa shape index (κ1) is 54.4. The molecule has 0 amide bonds. The van der Waals surface area contributed by atoms with Crippen LogP contribution in [0.2, 0.25) is 0 Å². The van der Waals surface area contributed by atoms with Gasteiger partial charge in [-0.15, -0.1) is 0 Å². The van der Waals surface area contributed by atoms with Gasteiger partial charge in [0, 0.05) is 19.3 Å². The molecule has 0 aliphatic carbocycles. The molecule has 0 aromatic carbocycles. The number of ether oxygens (including phenoxy) is 3. The van der Waals surface area contributed by atoms with Crippen molar-refractivity contribution >= 4 is 17.9 Å². The molecule has 56 heavy (non-hydrogen) atoms.